The number of hydrogen-bond acceptors (Lipinski definition) is 6. The number of aliphatic imine (C=N–C) groups is 1. The van der Waals surface area contributed by atoms with E-state index < -0.39 is 14.9 Å². The average molecular weight is 425 g/mol. The summed E-state index contributed by atoms with van der Waals surface area (Å²) in [6.45, 7) is 0.245. The van der Waals surface area contributed by atoms with Gasteiger partial charge in [-0.05, 0) is 35.9 Å². The molecule has 30 heavy (non-hydrogen) atoms. The van der Waals surface area contributed by atoms with E-state index in [1.54, 1.807) is 0 Å². The second kappa shape index (κ2) is 8.85. The highest BCUT2D eigenvalue weighted by Gasteiger charge is 2.20. The Labute approximate surface area is 174 Å². The zero-order chi connectivity index (χ0) is 21.7. The zero-order valence-electron chi connectivity index (χ0n) is 16.0. The number of aromatic hydroxyl groups is 1. The van der Waals surface area contributed by atoms with Gasteiger partial charge in [0.15, 0.2) is 0 Å². The number of rotatable bonds is 7. The molecule has 0 bridgehead atoms. The smallest absolute Gasteiger partial charge is 0.270 e. The molecular formula is C21H19N3O5S. The third-order valence-electron chi connectivity index (χ3n) is 4.37. The van der Waals surface area contributed by atoms with Gasteiger partial charge in [0, 0.05) is 37.5 Å². The number of nitro groups is 1. The van der Waals surface area contributed by atoms with Crippen LogP contribution in [0.4, 0.5) is 11.4 Å². The van der Waals surface area contributed by atoms with E-state index in [2.05, 4.69) is 4.99 Å². The Morgan fingerprint density at radius 2 is 1.73 bits per heavy atom. The van der Waals surface area contributed by atoms with Crippen molar-refractivity contribution in [1.82, 2.24) is 4.31 Å². The van der Waals surface area contributed by atoms with Gasteiger partial charge in [-0.3, -0.25) is 15.1 Å². The van der Waals surface area contributed by atoms with E-state index >= 15 is 0 Å². The summed E-state index contributed by atoms with van der Waals surface area (Å²) in [4.78, 5) is 14.6. The zero-order valence-corrected chi connectivity index (χ0v) is 16.9. The van der Waals surface area contributed by atoms with Crippen LogP contribution in [0.3, 0.4) is 0 Å². The maximum absolute atomic E-state index is 12.8. The number of nitrogens with zero attached hydrogens (tertiary/aromatic N) is 3. The van der Waals surface area contributed by atoms with Crippen LogP contribution in [0.2, 0.25) is 0 Å². The lowest BCUT2D eigenvalue weighted by molar-refractivity contribution is -0.384. The molecule has 1 N–H and O–H groups in total. The number of benzene rings is 3. The van der Waals surface area contributed by atoms with E-state index in [0.29, 0.717) is 5.69 Å². The Balaban J connectivity index is 1.77. The lowest BCUT2D eigenvalue weighted by Crippen LogP contribution is -2.26. The highest BCUT2D eigenvalue weighted by Crippen LogP contribution is 2.24. The fourth-order valence-electron chi connectivity index (χ4n) is 2.71. The van der Waals surface area contributed by atoms with Gasteiger partial charge in [0.2, 0.25) is 10.0 Å². The Morgan fingerprint density at radius 1 is 1.07 bits per heavy atom. The van der Waals surface area contributed by atoms with E-state index in [1.165, 1.54) is 60.0 Å². The second-order valence-electron chi connectivity index (χ2n) is 6.50. The highest BCUT2D eigenvalue weighted by atomic mass is 32.2. The first kappa shape index (κ1) is 21.2. The van der Waals surface area contributed by atoms with E-state index in [9.17, 15) is 23.6 Å². The Bertz CT molecular complexity index is 1180. The van der Waals surface area contributed by atoms with Gasteiger partial charge in [0.05, 0.1) is 15.5 Å². The van der Waals surface area contributed by atoms with Crippen LogP contribution in [-0.4, -0.2) is 36.0 Å². The molecule has 0 aromatic heterocycles. The van der Waals surface area contributed by atoms with Crippen molar-refractivity contribution in [3.05, 3.63) is 94.0 Å². The molecule has 0 unspecified atom stereocenters. The molecule has 0 saturated heterocycles. The molecule has 0 fully saturated rings. The fraction of sp³-hybridized carbons (Fsp3) is 0.0952. The summed E-state index contributed by atoms with van der Waals surface area (Å²) in [5.41, 5.74) is 1.33. The molecule has 0 amide bonds. The van der Waals surface area contributed by atoms with Gasteiger partial charge in [0.25, 0.3) is 5.69 Å². The van der Waals surface area contributed by atoms with Gasteiger partial charge in [0.1, 0.15) is 5.75 Å². The molecule has 0 aliphatic rings. The first-order valence-electron chi connectivity index (χ1n) is 8.89. The molecule has 8 nitrogen and oxygen atoms in total. The molecule has 0 atom stereocenters. The Morgan fingerprint density at radius 3 is 2.37 bits per heavy atom. The van der Waals surface area contributed by atoms with Gasteiger partial charge >= 0.3 is 0 Å². The number of non-ortho nitro benzene ring substituents is 1. The van der Waals surface area contributed by atoms with Crippen LogP contribution in [0.1, 0.15) is 11.1 Å². The molecule has 3 aromatic rings. The van der Waals surface area contributed by atoms with Gasteiger partial charge in [-0.2, -0.15) is 4.31 Å². The van der Waals surface area contributed by atoms with Gasteiger partial charge in [-0.15, -0.1) is 0 Å². The van der Waals surface area contributed by atoms with Crippen molar-refractivity contribution in [3.8, 4) is 5.75 Å². The summed E-state index contributed by atoms with van der Waals surface area (Å²) in [7, 11) is -2.16. The van der Waals surface area contributed by atoms with Crippen LogP contribution in [0.25, 0.3) is 0 Å². The summed E-state index contributed by atoms with van der Waals surface area (Å²) in [6.07, 6.45) is 1.29. The van der Waals surface area contributed by atoms with Crippen LogP contribution in [0.5, 0.6) is 5.75 Å². The van der Waals surface area contributed by atoms with Crippen molar-refractivity contribution in [2.45, 2.75) is 11.4 Å². The van der Waals surface area contributed by atoms with Crippen LogP contribution < -0.4 is 0 Å². The largest absolute Gasteiger partial charge is 0.507 e. The van der Waals surface area contributed by atoms with Crippen LogP contribution in [0.15, 0.2) is 82.7 Å². The van der Waals surface area contributed by atoms with E-state index in [4.69, 9.17) is 0 Å². The third kappa shape index (κ3) is 4.88. The predicted octanol–water partition coefficient (Wildman–Crippen LogP) is 3.87. The van der Waals surface area contributed by atoms with Crippen molar-refractivity contribution in [2.24, 2.45) is 4.99 Å². The number of sulfonamides is 1. The first-order valence-corrected chi connectivity index (χ1v) is 10.3. The van der Waals surface area contributed by atoms with Gasteiger partial charge < -0.3 is 5.11 Å². The molecule has 9 heteroatoms. The summed E-state index contributed by atoms with van der Waals surface area (Å²) < 4.78 is 26.8. The average Bonchev–Trinajstić information content (AvgIpc) is 2.74. The predicted molar refractivity (Wildman–Crippen MR) is 114 cm³/mol. The highest BCUT2D eigenvalue weighted by molar-refractivity contribution is 7.89. The molecule has 0 saturated carbocycles. The normalized spacial score (nSPS) is 11.8. The van der Waals surface area contributed by atoms with Crippen LogP contribution in [0, 0.1) is 10.1 Å². The minimum Gasteiger partial charge on any atom is -0.507 e. The Kier molecular flexibility index (Phi) is 6.24. The second-order valence-corrected chi connectivity index (χ2v) is 8.54. The number of phenols is 1. The molecular weight excluding hydrogens is 406 g/mol. The summed E-state index contributed by atoms with van der Waals surface area (Å²) in [5, 5.41) is 20.7. The minimum atomic E-state index is -3.68. The maximum atomic E-state index is 12.8. The molecule has 3 rings (SSSR count). The van der Waals surface area contributed by atoms with Gasteiger partial charge in [-0.25, -0.2) is 8.42 Å². The van der Waals surface area contributed by atoms with Crippen molar-refractivity contribution < 1.29 is 18.4 Å². The minimum absolute atomic E-state index is 0.123. The van der Waals surface area contributed by atoms with Crippen LogP contribution in [-0.2, 0) is 16.6 Å². The third-order valence-corrected chi connectivity index (χ3v) is 6.19. The monoisotopic (exact) mass is 425 g/mol. The molecule has 3 aromatic carbocycles. The molecule has 0 heterocycles. The van der Waals surface area contributed by atoms with E-state index in [1.807, 2.05) is 30.3 Å². The van der Waals surface area contributed by atoms with E-state index in [-0.39, 0.29) is 28.4 Å². The van der Waals surface area contributed by atoms with Gasteiger partial charge in [-0.1, -0.05) is 30.3 Å². The van der Waals surface area contributed by atoms with Crippen molar-refractivity contribution in [1.29, 1.82) is 0 Å². The van der Waals surface area contributed by atoms with Crippen molar-refractivity contribution in [2.75, 3.05) is 7.05 Å². The lowest BCUT2D eigenvalue weighted by Gasteiger charge is -2.17. The first-order chi connectivity index (χ1) is 14.3. The van der Waals surface area contributed by atoms with E-state index in [0.717, 1.165) is 5.56 Å². The topological polar surface area (TPSA) is 113 Å². The summed E-state index contributed by atoms with van der Waals surface area (Å²) in [6, 6.07) is 18.8. The molecule has 0 spiro atoms. The molecule has 0 radical (unpaired) electrons. The molecule has 154 valence electrons. The van der Waals surface area contributed by atoms with Crippen molar-refractivity contribution in [3.63, 3.8) is 0 Å². The molecule has 0 aliphatic carbocycles. The number of phenolic OH excluding ortho intramolecular Hbond substituents is 1. The number of hydrogen-bond donors (Lipinski definition) is 1. The van der Waals surface area contributed by atoms with Crippen LogP contribution >= 0.6 is 0 Å². The Hall–Kier alpha value is -3.56. The SMILES string of the molecule is CN(Cc1ccccc1)S(=O)(=O)c1ccc(N=Cc2cc([N+](=O)[O-])ccc2O)cc1. The summed E-state index contributed by atoms with van der Waals surface area (Å²) in [5.74, 6) is -0.147. The summed E-state index contributed by atoms with van der Waals surface area (Å²) >= 11 is 0. The fourth-order valence-corrected chi connectivity index (χ4v) is 3.87. The molecule has 0 aliphatic heterocycles. The maximum Gasteiger partial charge on any atom is 0.270 e. The number of nitro benzene ring substituents is 1. The quantitative estimate of drug-likeness (QED) is 0.351. The van der Waals surface area contributed by atoms with Crippen molar-refractivity contribution >= 4 is 27.6 Å². The standard InChI is InChI=1S/C21H19N3O5S/c1-23(15-16-5-3-2-4-6-16)30(28,29)20-10-7-18(8-11-20)22-14-17-13-19(24(26)27)9-12-21(17)25/h2-14,25H,15H2,1H3. The lowest BCUT2D eigenvalue weighted by atomic mass is 10.2.